The van der Waals surface area contributed by atoms with Gasteiger partial charge in [-0.15, -0.1) is 10.2 Å². The van der Waals surface area contributed by atoms with Crippen molar-refractivity contribution in [2.24, 2.45) is 5.92 Å². The number of hydrogen-bond donors (Lipinski definition) is 2. The van der Waals surface area contributed by atoms with Gasteiger partial charge in [0.05, 0.1) is 0 Å². The maximum Gasteiger partial charge on any atom is 0.228 e. The van der Waals surface area contributed by atoms with Gasteiger partial charge in [-0.05, 0) is 43.2 Å². The number of nitrogens with one attached hydrogen (secondary N) is 2. The van der Waals surface area contributed by atoms with Crippen molar-refractivity contribution in [3.8, 4) is 0 Å². The highest BCUT2D eigenvalue weighted by Crippen LogP contribution is 2.25. The monoisotopic (exact) mass is 330 g/mol. The van der Waals surface area contributed by atoms with Crippen LogP contribution in [-0.4, -0.2) is 16.1 Å². The van der Waals surface area contributed by atoms with E-state index in [1.54, 1.807) is 12.1 Å². The summed E-state index contributed by atoms with van der Waals surface area (Å²) in [4.78, 5) is 12.2. The Morgan fingerprint density at radius 3 is 2.48 bits per heavy atom. The van der Waals surface area contributed by atoms with Crippen molar-refractivity contribution >= 4 is 34.8 Å². The Balaban J connectivity index is 1.59. The number of hydrogen-bond acceptors (Lipinski definition) is 4. The molecule has 5 nitrogen and oxygen atoms in total. The van der Waals surface area contributed by atoms with Gasteiger partial charge < -0.3 is 10.6 Å². The summed E-state index contributed by atoms with van der Waals surface area (Å²) in [7, 11) is 0. The van der Waals surface area contributed by atoms with Gasteiger partial charge in [0.15, 0.2) is 11.6 Å². The lowest BCUT2D eigenvalue weighted by Gasteiger charge is -2.20. The molecule has 0 spiro atoms. The van der Waals surface area contributed by atoms with Gasteiger partial charge in [0, 0.05) is 16.6 Å². The minimum Gasteiger partial charge on any atom is -0.339 e. The number of anilines is 3. The molecule has 0 aliphatic heterocycles. The lowest BCUT2D eigenvalue weighted by atomic mass is 9.89. The summed E-state index contributed by atoms with van der Waals surface area (Å²) in [5.41, 5.74) is 0.839. The molecular weight excluding hydrogens is 312 g/mol. The second-order valence-electron chi connectivity index (χ2n) is 5.76. The van der Waals surface area contributed by atoms with Gasteiger partial charge in [0.1, 0.15) is 0 Å². The van der Waals surface area contributed by atoms with Crippen LogP contribution in [0.1, 0.15) is 32.1 Å². The number of rotatable bonds is 4. The number of halogens is 1. The smallest absolute Gasteiger partial charge is 0.228 e. The summed E-state index contributed by atoms with van der Waals surface area (Å²) < 4.78 is 0. The van der Waals surface area contributed by atoms with E-state index < -0.39 is 0 Å². The number of amides is 1. The predicted molar refractivity (Wildman–Crippen MR) is 92.0 cm³/mol. The zero-order chi connectivity index (χ0) is 16.1. The van der Waals surface area contributed by atoms with Crippen LogP contribution < -0.4 is 10.6 Å². The van der Waals surface area contributed by atoms with Crippen LogP contribution in [0.5, 0.6) is 0 Å². The molecule has 1 heterocycles. The third-order valence-corrected chi connectivity index (χ3v) is 4.22. The minimum atomic E-state index is 0.0505. The molecule has 2 N–H and O–H groups in total. The van der Waals surface area contributed by atoms with Crippen LogP contribution in [0.3, 0.4) is 0 Å². The van der Waals surface area contributed by atoms with Gasteiger partial charge in [0.25, 0.3) is 0 Å². The molecule has 0 saturated heterocycles. The summed E-state index contributed by atoms with van der Waals surface area (Å²) >= 11 is 5.94. The molecule has 3 rings (SSSR count). The van der Waals surface area contributed by atoms with Gasteiger partial charge >= 0.3 is 0 Å². The lowest BCUT2D eigenvalue weighted by Crippen LogP contribution is -2.25. The van der Waals surface area contributed by atoms with Crippen LogP contribution >= 0.6 is 11.6 Å². The van der Waals surface area contributed by atoms with Crippen molar-refractivity contribution in [2.75, 3.05) is 10.6 Å². The summed E-state index contributed by atoms with van der Waals surface area (Å²) in [5.74, 6) is 1.24. The summed E-state index contributed by atoms with van der Waals surface area (Å²) in [6.45, 7) is 0. The maximum atomic E-state index is 12.2. The maximum absolute atomic E-state index is 12.2. The lowest BCUT2D eigenvalue weighted by molar-refractivity contribution is -0.120. The van der Waals surface area contributed by atoms with E-state index in [4.69, 9.17) is 11.6 Å². The van der Waals surface area contributed by atoms with Gasteiger partial charge in [-0.1, -0.05) is 36.9 Å². The number of nitrogens with zero attached hydrogens (tertiary/aromatic N) is 2. The second kappa shape index (κ2) is 7.42. The van der Waals surface area contributed by atoms with Crippen molar-refractivity contribution < 1.29 is 4.79 Å². The molecule has 0 bridgehead atoms. The fraction of sp³-hybridized carbons (Fsp3) is 0.353. The van der Waals surface area contributed by atoms with E-state index in [9.17, 15) is 4.79 Å². The Hall–Kier alpha value is -2.14. The van der Waals surface area contributed by atoms with Crippen LogP contribution in [0.25, 0.3) is 0 Å². The van der Waals surface area contributed by atoms with Crippen LogP contribution in [0, 0.1) is 5.92 Å². The fourth-order valence-corrected chi connectivity index (χ4v) is 2.96. The highest BCUT2D eigenvalue weighted by Gasteiger charge is 2.21. The number of benzene rings is 1. The van der Waals surface area contributed by atoms with Crippen molar-refractivity contribution in [1.82, 2.24) is 10.2 Å². The van der Waals surface area contributed by atoms with Crippen LogP contribution in [0.4, 0.5) is 17.3 Å². The van der Waals surface area contributed by atoms with Gasteiger partial charge in [-0.3, -0.25) is 4.79 Å². The third kappa shape index (κ3) is 4.42. The highest BCUT2D eigenvalue weighted by atomic mass is 35.5. The van der Waals surface area contributed by atoms with Crippen LogP contribution in [-0.2, 0) is 4.79 Å². The van der Waals surface area contributed by atoms with Crippen molar-refractivity contribution in [2.45, 2.75) is 32.1 Å². The Morgan fingerprint density at radius 1 is 1.04 bits per heavy atom. The molecule has 0 radical (unpaired) electrons. The van der Waals surface area contributed by atoms with E-state index in [-0.39, 0.29) is 11.8 Å². The SMILES string of the molecule is O=C(Nc1ccc(Nc2cccc(Cl)c2)nn1)C1CCCCC1. The molecule has 1 aliphatic carbocycles. The molecule has 1 fully saturated rings. The van der Waals surface area contributed by atoms with E-state index in [1.165, 1.54) is 6.42 Å². The molecular formula is C17H19ClN4O. The molecule has 1 aliphatic rings. The van der Waals surface area contributed by atoms with Crippen molar-refractivity contribution in [3.63, 3.8) is 0 Å². The molecule has 1 aromatic carbocycles. The zero-order valence-electron chi connectivity index (χ0n) is 12.8. The van der Waals surface area contributed by atoms with Crippen molar-refractivity contribution in [1.29, 1.82) is 0 Å². The average Bonchev–Trinajstić information content (AvgIpc) is 2.57. The number of aromatic nitrogens is 2. The Morgan fingerprint density at radius 2 is 1.78 bits per heavy atom. The second-order valence-corrected chi connectivity index (χ2v) is 6.20. The summed E-state index contributed by atoms with van der Waals surface area (Å²) in [6, 6.07) is 10.9. The largest absolute Gasteiger partial charge is 0.339 e. The Bertz CT molecular complexity index is 669. The summed E-state index contributed by atoms with van der Waals surface area (Å²) in [6.07, 6.45) is 5.42. The first-order valence-corrected chi connectivity index (χ1v) is 8.26. The highest BCUT2D eigenvalue weighted by molar-refractivity contribution is 6.30. The third-order valence-electron chi connectivity index (χ3n) is 3.99. The van der Waals surface area contributed by atoms with Crippen LogP contribution in [0.2, 0.25) is 5.02 Å². The molecule has 1 amide bonds. The molecule has 6 heteroatoms. The predicted octanol–water partition coefficient (Wildman–Crippen LogP) is 4.39. The first kappa shape index (κ1) is 15.7. The van der Waals surface area contributed by atoms with Gasteiger partial charge in [-0.2, -0.15) is 0 Å². The van der Waals surface area contributed by atoms with Gasteiger partial charge in [-0.25, -0.2) is 0 Å². The van der Waals surface area contributed by atoms with Gasteiger partial charge in [0.2, 0.25) is 5.91 Å². The van der Waals surface area contributed by atoms with E-state index in [0.717, 1.165) is 31.4 Å². The summed E-state index contributed by atoms with van der Waals surface area (Å²) in [5, 5.41) is 14.8. The standard InChI is InChI=1S/C17H19ClN4O/c18-13-7-4-8-14(11-13)19-15-9-10-16(22-21-15)20-17(23)12-5-2-1-3-6-12/h4,7-12H,1-3,5-6H2,(H,19,21)(H,20,22,23). The van der Waals surface area contributed by atoms with E-state index >= 15 is 0 Å². The number of carbonyl (C=O) groups excluding carboxylic acids is 1. The van der Waals surface area contributed by atoms with E-state index in [0.29, 0.717) is 16.7 Å². The normalized spacial score (nSPS) is 15.2. The van der Waals surface area contributed by atoms with Crippen molar-refractivity contribution in [3.05, 3.63) is 41.4 Å². The molecule has 0 unspecified atom stereocenters. The van der Waals surface area contributed by atoms with E-state index in [2.05, 4.69) is 20.8 Å². The fourth-order valence-electron chi connectivity index (χ4n) is 2.77. The molecule has 2 aromatic rings. The molecule has 1 saturated carbocycles. The van der Waals surface area contributed by atoms with Crippen LogP contribution in [0.15, 0.2) is 36.4 Å². The molecule has 1 aromatic heterocycles. The topological polar surface area (TPSA) is 66.9 Å². The quantitative estimate of drug-likeness (QED) is 0.872. The average molecular weight is 331 g/mol. The minimum absolute atomic E-state index is 0.0505. The Labute approximate surface area is 140 Å². The zero-order valence-corrected chi connectivity index (χ0v) is 13.5. The molecule has 23 heavy (non-hydrogen) atoms. The molecule has 120 valence electrons. The molecule has 0 atom stereocenters. The first-order chi connectivity index (χ1) is 11.2. The van der Waals surface area contributed by atoms with E-state index in [1.807, 2.05) is 24.3 Å². The first-order valence-electron chi connectivity index (χ1n) is 7.88. The Kier molecular flexibility index (Phi) is 5.08. The number of carbonyl (C=O) groups is 1.